The van der Waals surface area contributed by atoms with E-state index in [0.29, 0.717) is 12.1 Å². The molecular formula is C14H24N4. The third-order valence-corrected chi connectivity index (χ3v) is 3.67. The maximum absolute atomic E-state index is 4.56. The third kappa shape index (κ3) is 3.35. The van der Waals surface area contributed by atoms with Gasteiger partial charge in [0, 0.05) is 25.2 Å². The van der Waals surface area contributed by atoms with E-state index in [1.807, 2.05) is 18.2 Å². The Labute approximate surface area is 110 Å². The van der Waals surface area contributed by atoms with E-state index in [-0.39, 0.29) is 0 Å². The molecule has 1 aromatic heterocycles. The van der Waals surface area contributed by atoms with Crippen molar-refractivity contribution in [3.05, 3.63) is 18.2 Å². The molecule has 0 saturated carbocycles. The molecule has 1 aliphatic heterocycles. The highest BCUT2D eigenvalue weighted by atomic mass is 15.2. The molecule has 2 heterocycles. The van der Waals surface area contributed by atoms with E-state index in [1.54, 1.807) is 0 Å². The van der Waals surface area contributed by atoms with Gasteiger partial charge in [0.25, 0.3) is 0 Å². The smallest absolute Gasteiger partial charge is 0.128 e. The van der Waals surface area contributed by atoms with Crippen LogP contribution in [0.1, 0.15) is 26.7 Å². The molecule has 1 saturated heterocycles. The van der Waals surface area contributed by atoms with Crippen LogP contribution in [0.25, 0.3) is 0 Å². The first-order chi connectivity index (χ1) is 8.69. The molecule has 0 radical (unpaired) electrons. The van der Waals surface area contributed by atoms with Crippen molar-refractivity contribution in [2.24, 2.45) is 0 Å². The number of hydrogen-bond acceptors (Lipinski definition) is 4. The quantitative estimate of drug-likeness (QED) is 0.858. The van der Waals surface area contributed by atoms with Crippen molar-refractivity contribution in [3.8, 4) is 0 Å². The van der Waals surface area contributed by atoms with Gasteiger partial charge in [-0.3, -0.25) is 0 Å². The van der Waals surface area contributed by atoms with Crippen LogP contribution < -0.4 is 10.6 Å². The van der Waals surface area contributed by atoms with E-state index in [0.717, 1.165) is 24.7 Å². The number of pyridine rings is 1. The number of piperidine rings is 1. The summed E-state index contributed by atoms with van der Waals surface area (Å²) in [4.78, 5) is 6.98. The molecule has 100 valence electrons. The summed E-state index contributed by atoms with van der Waals surface area (Å²) in [5, 5.41) is 6.79. The van der Waals surface area contributed by atoms with Crippen LogP contribution >= 0.6 is 0 Å². The van der Waals surface area contributed by atoms with Gasteiger partial charge in [-0.05, 0) is 45.9 Å². The summed E-state index contributed by atoms with van der Waals surface area (Å²) in [7, 11) is 2.20. The molecule has 4 heteroatoms. The Kier molecular flexibility index (Phi) is 4.42. The number of nitrogens with one attached hydrogen (secondary N) is 2. The Hall–Kier alpha value is -1.29. The molecule has 2 unspecified atom stereocenters. The van der Waals surface area contributed by atoms with Crippen LogP contribution in [0.15, 0.2) is 18.2 Å². The van der Waals surface area contributed by atoms with E-state index >= 15 is 0 Å². The van der Waals surface area contributed by atoms with Gasteiger partial charge in [-0.25, -0.2) is 4.98 Å². The van der Waals surface area contributed by atoms with Crippen molar-refractivity contribution in [3.63, 3.8) is 0 Å². The van der Waals surface area contributed by atoms with Crippen LogP contribution in [0.4, 0.5) is 11.6 Å². The second-order valence-electron chi connectivity index (χ2n) is 5.13. The van der Waals surface area contributed by atoms with Gasteiger partial charge < -0.3 is 15.5 Å². The monoisotopic (exact) mass is 248 g/mol. The van der Waals surface area contributed by atoms with Crippen LogP contribution in [-0.4, -0.2) is 42.1 Å². The lowest BCUT2D eigenvalue weighted by atomic mass is 9.99. The van der Waals surface area contributed by atoms with E-state index < -0.39 is 0 Å². The molecule has 0 bridgehead atoms. The molecule has 0 spiro atoms. The number of likely N-dealkylation sites (tertiary alicyclic amines) is 1. The summed E-state index contributed by atoms with van der Waals surface area (Å²) >= 11 is 0. The fourth-order valence-corrected chi connectivity index (χ4v) is 2.42. The summed E-state index contributed by atoms with van der Waals surface area (Å²) in [5.74, 6) is 1.93. The minimum atomic E-state index is 0.542. The maximum Gasteiger partial charge on any atom is 0.128 e. The van der Waals surface area contributed by atoms with Gasteiger partial charge >= 0.3 is 0 Å². The molecule has 0 amide bonds. The number of rotatable bonds is 4. The topological polar surface area (TPSA) is 40.2 Å². The molecule has 1 aliphatic rings. The Morgan fingerprint density at radius 3 is 2.89 bits per heavy atom. The second kappa shape index (κ2) is 6.05. The molecule has 0 aliphatic carbocycles. The lowest BCUT2D eigenvalue weighted by Gasteiger charge is -2.35. The van der Waals surface area contributed by atoms with Crippen LogP contribution in [0.2, 0.25) is 0 Å². The molecule has 2 rings (SSSR count). The minimum Gasteiger partial charge on any atom is -0.370 e. The summed E-state index contributed by atoms with van der Waals surface area (Å²) in [6.07, 6.45) is 2.37. The summed E-state index contributed by atoms with van der Waals surface area (Å²) in [6.45, 7) is 6.43. The lowest BCUT2D eigenvalue weighted by molar-refractivity contribution is 0.190. The second-order valence-corrected chi connectivity index (χ2v) is 5.13. The summed E-state index contributed by atoms with van der Waals surface area (Å²) in [5.41, 5.74) is 0. The fraction of sp³-hybridized carbons (Fsp3) is 0.643. The average Bonchev–Trinajstić information content (AvgIpc) is 2.35. The van der Waals surface area contributed by atoms with Crippen molar-refractivity contribution in [2.75, 3.05) is 30.8 Å². The minimum absolute atomic E-state index is 0.542. The molecular weight excluding hydrogens is 224 g/mol. The molecule has 1 aromatic rings. The highest BCUT2D eigenvalue weighted by Gasteiger charge is 2.22. The zero-order chi connectivity index (χ0) is 13.0. The highest BCUT2D eigenvalue weighted by molar-refractivity contribution is 5.45. The normalized spacial score (nSPS) is 24.8. The number of anilines is 2. The van der Waals surface area contributed by atoms with E-state index in [9.17, 15) is 0 Å². The van der Waals surface area contributed by atoms with Crippen molar-refractivity contribution >= 4 is 11.6 Å². The van der Waals surface area contributed by atoms with Gasteiger partial charge in [0.15, 0.2) is 0 Å². The van der Waals surface area contributed by atoms with Gasteiger partial charge in [-0.1, -0.05) is 6.07 Å². The van der Waals surface area contributed by atoms with Gasteiger partial charge in [0.2, 0.25) is 0 Å². The predicted molar refractivity (Wildman–Crippen MR) is 77.1 cm³/mol. The van der Waals surface area contributed by atoms with E-state index in [1.165, 1.54) is 12.8 Å². The number of nitrogens with zero attached hydrogens (tertiary/aromatic N) is 2. The first-order valence-electron chi connectivity index (χ1n) is 6.86. The Morgan fingerprint density at radius 1 is 1.39 bits per heavy atom. The van der Waals surface area contributed by atoms with Gasteiger partial charge in [0.05, 0.1) is 0 Å². The molecule has 2 atom stereocenters. The van der Waals surface area contributed by atoms with Crippen LogP contribution in [-0.2, 0) is 0 Å². The number of hydrogen-bond donors (Lipinski definition) is 2. The highest BCUT2D eigenvalue weighted by Crippen LogP contribution is 2.19. The summed E-state index contributed by atoms with van der Waals surface area (Å²) in [6, 6.07) is 7.29. The predicted octanol–water partition coefficient (Wildman–Crippen LogP) is 2.41. The van der Waals surface area contributed by atoms with Crippen molar-refractivity contribution in [1.82, 2.24) is 9.88 Å². The van der Waals surface area contributed by atoms with E-state index in [2.05, 4.69) is 41.4 Å². The van der Waals surface area contributed by atoms with Crippen LogP contribution in [0.5, 0.6) is 0 Å². The molecule has 1 fully saturated rings. The molecule has 0 aromatic carbocycles. The van der Waals surface area contributed by atoms with Crippen molar-refractivity contribution in [1.29, 1.82) is 0 Å². The Balaban J connectivity index is 1.94. The van der Waals surface area contributed by atoms with Crippen LogP contribution in [0.3, 0.4) is 0 Å². The third-order valence-electron chi connectivity index (χ3n) is 3.67. The lowest BCUT2D eigenvalue weighted by Crippen LogP contribution is -2.42. The summed E-state index contributed by atoms with van der Waals surface area (Å²) < 4.78 is 0. The standard InChI is InChI=1S/C14H24N4/c1-4-15-13-6-5-7-14(17-13)16-12-8-9-18(3)11(2)10-12/h5-7,11-12H,4,8-10H2,1-3H3,(H2,15,16,17). The molecule has 18 heavy (non-hydrogen) atoms. The average molecular weight is 248 g/mol. The number of aromatic nitrogens is 1. The van der Waals surface area contributed by atoms with Crippen molar-refractivity contribution < 1.29 is 0 Å². The molecule has 4 nitrogen and oxygen atoms in total. The van der Waals surface area contributed by atoms with Crippen LogP contribution in [0, 0.1) is 0 Å². The largest absolute Gasteiger partial charge is 0.370 e. The Bertz CT molecular complexity index is 380. The Morgan fingerprint density at radius 2 is 2.17 bits per heavy atom. The fourth-order valence-electron chi connectivity index (χ4n) is 2.42. The van der Waals surface area contributed by atoms with E-state index in [4.69, 9.17) is 0 Å². The first kappa shape index (κ1) is 13.1. The molecule has 2 N–H and O–H groups in total. The SMILES string of the molecule is CCNc1cccc(NC2CCN(C)C(C)C2)n1. The zero-order valence-electron chi connectivity index (χ0n) is 11.6. The first-order valence-corrected chi connectivity index (χ1v) is 6.86. The maximum atomic E-state index is 4.56. The van der Waals surface area contributed by atoms with Gasteiger partial charge in [0.1, 0.15) is 11.6 Å². The van der Waals surface area contributed by atoms with Crippen molar-refractivity contribution in [2.45, 2.75) is 38.8 Å². The van der Waals surface area contributed by atoms with Gasteiger partial charge in [-0.2, -0.15) is 0 Å². The van der Waals surface area contributed by atoms with Gasteiger partial charge in [-0.15, -0.1) is 0 Å². The zero-order valence-corrected chi connectivity index (χ0v) is 11.6.